The van der Waals surface area contributed by atoms with Crippen molar-refractivity contribution >= 4 is 41.7 Å². The maximum absolute atomic E-state index is 12.9. The zero-order chi connectivity index (χ0) is 19.2. The number of carbonyl (C=O) groups is 2. The van der Waals surface area contributed by atoms with E-state index in [0.717, 1.165) is 43.9 Å². The summed E-state index contributed by atoms with van der Waals surface area (Å²) in [6.45, 7) is 3.95. The van der Waals surface area contributed by atoms with E-state index in [-0.39, 0.29) is 24.2 Å². The first kappa shape index (κ1) is 23.0. The van der Waals surface area contributed by atoms with Crippen molar-refractivity contribution in [1.82, 2.24) is 9.80 Å². The molecule has 0 bridgehead atoms. The predicted molar refractivity (Wildman–Crippen MR) is 118 cm³/mol. The van der Waals surface area contributed by atoms with Gasteiger partial charge in [-0.15, -0.1) is 12.4 Å². The number of anilines is 1. The molecule has 2 aliphatic heterocycles. The molecule has 0 unspecified atom stereocenters. The quantitative estimate of drug-likeness (QED) is 0.748. The van der Waals surface area contributed by atoms with Crippen molar-refractivity contribution in [2.75, 3.05) is 56.2 Å². The second kappa shape index (κ2) is 11.0. The average molecular weight is 427 g/mol. The van der Waals surface area contributed by atoms with Crippen molar-refractivity contribution in [2.45, 2.75) is 25.3 Å². The molecule has 0 saturated carbocycles. The lowest BCUT2D eigenvalue weighted by molar-refractivity contribution is -0.134. The van der Waals surface area contributed by atoms with Crippen molar-refractivity contribution in [3.63, 3.8) is 0 Å². The normalized spacial score (nSPS) is 18.2. The zero-order valence-electron chi connectivity index (χ0n) is 16.5. The van der Waals surface area contributed by atoms with Gasteiger partial charge in [0.2, 0.25) is 11.8 Å². The number of halogens is 1. The van der Waals surface area contributed by atoms with Crippen LogP contribution in [0.15, 0.2) is 24.3 Å². The van der Waals surface area contributed by atoms with Crippen molar-refractivity contribution in [1.29, 1.82) is 0 Å². The standard InChI is InChI=1S/C20H30N4O2S.ClH/c1-27-14-8-17(21)20(26)23-12-10-22(11-13-23)15-19(25)24-9-4-6-16-5-2-3-7-18(16)24;/h2-3,5,7,17H,4,6,8-15,21H2,1H3;1H/t17-;/m0./s1. The van der Waals surface area contributed by atoms with E-state index in [1.54, 1.807) is 11.8 Å². The Morgan fingerprint density at radius 2 is 1.86 bits per heavy atom. The van der Waals surface area contributed by atoms with Crippen LogP contribution in [0.4, 0.5) is 5.69 Å². The number of fused-ring (bicyclic) bond motifs is 1. The van der Waals surface area contributed by atoms with E-state index in [1.165, 1.54) is 5.56 Å². The molecule has 1 aromatic rings. The summed E-state index contributed by atoms with van der Waals surface area (Å²) in [6.07, 6.45) is 4.79. The maximum Gasteiger partial charge on any atom is 0.241 e. The van der Waals surface area contributed by atoms with Crippen LogP contribution < -0.4 is 10.6 Å². The Hall–Kier alpha value is -1.28. The van der Waals surface area contributed by atoms with Crippen LogP contribution in [0.5, 0.6) is 0 Å². The topological polar surface area (TPSA) is 69.9 Å². The Kier molecular flexibility index (Phi) is 9.08. The Labute approximate surface area is 178 Å². The first-order chi connectivity index (χ1) is 13.1. The molecule has 2 amide bonds. The third-order valence-electron chi connectivity index (χ3n) is 5.40. The van der Waals surface area contributed by atoms with Crippen molar-refractivity contribution < 1.29 is 9.59 Å². The first-order valence-electron chi connectivity index (χ1n) is 9.74. The minimum Gasteiger partial charge on any atom is -0.339 e. The molecule has 2 N–H and O–H groups in total. The summed E-state index contributed by atoms with van der Waals surface area (Å²) in [5, 5.41) is 0. The monoisotopic (exact) mass is 426 g/mol. The number of carbonyl (C=O) groups excluding carboxylic acids is 2. The summed E-state index contributed by atoms with van der Waals surface area (Å²) in [6, 6.07) is 7.77. The molecule has 2 heterocycles. The van der Waals surface area contributed by atoms with Gasteiger partial charge in [-0.25, -0.2) is 0 Å². The third-order valence-corrected chi connectivity index (χ3v) is 6.05. The number of para-hydroxylation sites is 1. The van der Waals surface area contributed by atoms with Crippen LogP contribution in [-0.2, 0) is 16.0 Å². The maximum atomic E-state index is 12.9. The highest BCUT2D eigenvalue weighted by atomic mass is 35.5. The average Bonchev–Trinajstić information content (AvgIpc) is 2.71. The lowest BCUT2D eigenvalue weighted by atomic mass is 10.0. The van der Waals surface area contributed by atoms with Gasteiger partial charge in [-0.2, -0.15) is 11.8 Å². The number of thioether (sulfide) groups is 1. The van der Waals surface area contributed by atoms with E-state index < -0.39 is 6.04 Å². The van der Waals surface area contributed by atoms with Gasteiger partial charge >= 0.3 is 0 Å². The predicted octanol–water partition coefficient (Wildman–Crippen LogP) is 1.61. The van der Waals surface area contributed by atoms with Gasteiger partial charge in [-0.1, -0.05) is 18.2 Å². The van der Waals surface area contributed by atoms with Crippen molar-refractivity contribution in [3.8, 4) is 0 Å². The van der Waals surface area contributed by atoms with Crippen molar-refractivity contribution in [2.24, 2.45) is 5.73 Å². The molecule has 3 rings (SSSR count). The largest absolute Gasteiger partial charge is 0.339 e. The van der Waals surface area contributed by atoms with E-state index >= 15 is 0 Å². The first-order valence-corrected chi connectivity index (χ1v) is 11.1. The van der Waals surface area contributed by atoms with Crippen LogP contribution in [0.1, 0.15) is 18.4 Å². The molecule has 1 aromatic carbocycles. The second-order valence-corrected chi connectivity index (χ2v) is 8.25. The van der Waals surface area contributed by atoms with E-state index in [1.807, 2.05) is 34.3 Å². The van der Waals surface area contributed by atoms with Crippen LogP contribution in [0.25, 0.3) is 0 Å². The fraction of sp³-hybridized carbons (Fsp3) is 0.600. The molecule has 0 spiro atoms. The Morgan fingerprint density at radius 1 is 1.14 bits per heavy atom. The van der Waals surface area contributed by atoms with E-state index in [9.17, 15) is 9.59 Å². The van der Waals surface area contributed by atoms with E-state index in [2.05, 4.69) is 11.0 Å². The molecule has 6 nitrogen and oxygen atoms in total. The number of nitrogens with two attached hydrogens (primary N) is 1. The summed E-state index contributed by atoms with van der Waals surface area (Å²) in [5.41, 5.74) is 8.33. The molecule has 1 fully saturated rings. The summed E-state index contributed by atoms with van der Waals surface area (Å²) in [5.74, 6) is 1.09. The second-order valence-electron chi connectivity index (χ2n) is 7.27. The molecule has 156 valence electrons. The van der Waals surface area contributed by atoms with E-state index in [0.29, 0.717) is 26.1 Å². The van der Waals surface area contributed by atoms with Gasteiger partial charge in [0.25, 0.3) is 0 Å². The molecule has 1 atom stereocenters. The minimum atomic E-state index is -0.407. The molecular weight excluding hydrogens is 396 g/mol. The summed E-state index contributed by atoms with van der Waals surface area (Å²) < 4.78 is 0. The molecule has 0 radical (unpaired) electrons. The van der Waals surface area contributed by atoms with Gasteiger partial charge < -0.3 is 15.5 Å². The third kappa shape index (κ3) is 5.63. The summed E-state index contributed by atoms with van der Waals surface area (Å²) in [4.78, 5) is 31.2. The Morgan fingerprint density at radius 3 is 2.57 bits per heavy atom. The summed E-state index contributed by atoms with van der Waals surface area (Å²) in [7, 11) is 0. The Balaban J connectivity index is 0.00000280. The molecule has 8 heteroatoms. The van der Waals surface area contributed by atoms with Gasteiger partial charge in [0.05, 0.1) is 12.6 Å². The van der Waals surface area contributed by atoms with Crippen LogP contribution in [-0.4, -0.2) is 78.9 Å². The highest BCUT2D eigenvalue weighted by Crippen LogP contribution is 2.26. The van der Waals surface area contributed by atoms with Crippen LogP contribution >= 0.6 is 24.2 Å². The van der Waals surface area contributed by atoms with Crippen LogP contribution in [0.3, 0.4) is 0 Å². The fourth-order valence-electron chi connectivity index (χ4n) is 3.80. The van der Waals surface area contributed by atoms with Crippen molar-refractivity contribution in [3.05, 3.63) is 29.8 Å². The van der Waals surface area contributed by atoms with Gasteiger partial charge in [0.1, 0.15) is 0 Å². The molecule has 0 aromatic heterocycles. The fourth-order valence-corrected chi connectivity index (χ4v) is 4.29. The number of piperazine rings is 1. The number of hydrogen-bond donors (Lipinski definition) is 1. The highest BCUT2D eigenvalue weighted by Gasteiger charge is 2.28. The number of rotatable bonds is 6. The van der Waals surface area contributed by atoms with Gasteiger partial charge in [-0.3, -0.25) is 14.5 Å². The molecule has 0 aliphatic carbocycles. The lowest BCUT2D eigenvalue weighted by Crippen LogP contribution is -2.55. The van der Waals surface area contributed by atoms with Gasteiger partial charge in [-0.05, 0) is 42.9 Å². The summed E-state index contributed by atoms with van der Waals surface area (Å²) >= 11 is 1.71. The number of hydrogen-bond acceptors (Lipinski definition) is 5. The molecule has 1 saturated heterocycles. The van der Waals surface area contributed by atoms with Gasteiger partial charge in [0.15, 0.2) is 0 Å². The highest BCUT2D eigenvalue weighted by molar-refractivity contribution is 7.98. The van der Waals surface area contributed by atoms with Crippen LogP contribution in [0, 0.1) is 0 Å². The van der Waals surface area contributed by atoms with E-state index in [4.69, 9.17) is 5.73 Å². The number of benzene rings is 1. The minimum absolute atomic E-state index is 0. The zero-order valence-corrected chi connectivity index (χ0v) is 18.1. The number of amides is 2. The smallest absolute Gasteiger partial charge is 0.241 e. The molecule has 28 heavy (non-hydrogen) atoms. The molecule has 2 aliphatic rings. The number of nitrogens with zero attached hydrogens (tertiary/aromatic N) is 3. The van der Waals surface area contributed by atoms with Crippen LogP contribution in [0.2, 0.25) is 0 Å². The SMILES string of the molecule is CSCC[C@H](N)C(=O)N1CCN(CC(=O)N2CCCc3ccccc32)CC1.Cl. The lowest BCUT2D eigenvalue weighted by Gasteiger charge is -2.37. The molecular formula is C20H31ClN4O2S. The van der Waals surface area contributed by atoms with Gasteiger partial charge in [0, 0.05) is 38.4 Å². The Bertz CT molecular complexity index is 667. The number of aryl methyl sites for hydroxylation is 1.